The average molecular weight is 326 g/mol. The molecule has 0 saturated carbocycles. The van der Waals surface area contributed by atoms with Gasteiger partial charge in [0.15, 0.2) is 0 Å². The molecule has 2 N–H and O–H groups in total. The topological polar surface area (TPSA) is 95.9 Å². The van der Waals surface area contributed by atoms with Gasteiger partial charge in [0, 0.05) is 13.1 Å². The van der Waals surface area contributed by atoms with Crippen LogP contribution in [-0.2, 0) is 14.3 Å². The number of amides is 2. The SMILES string of the molecule is C=CC(=O)N1CCC(CC(NC(=O)OC(C)(C)C)C(=O)O)CC1. The minimum Gasteiger partial charge on any atom is -0.480 e. The maximum Gasteiger partial charge on any atom is 0.408 e. The van der Waals surface area contributed by atoms with Crippen LogP contribution in [0, 0.1) is 5.92 Å². The summed E-state index contributed by atoms with van der Waals surface area (Å²) >= 11 is 0. The Morgan fingerprint density at radius 3 is 2.35 bits per heavy atom. The molecule has 0 radical (unpaired) electrons. The Morgan fingerprint density at radius 2 is 1.91 bits per heavy atom. The Kier molecular flexibility index (Phi) is 6.60. The van der Waals surface area contributed by atoms with E-state index >= 15 is 0 Å². The maximum absolute atomic E-state index is 11.7. The van der Waals surface area contributed by atoms with Crippen molar-refractivity contribution in [3.63, 3.8) is 0 Å². The van der Waals surface area contributed by atoms with Crippen molar-refractivity contribution in [1.29, 1.82) is 0 Å². The lowest BCUT2D eigenvalue weighted by atomic mass is 9.90. The molecule has 0 bridgehead atoms. The van der Waals surface area contributed by atoms with Gasteiger partial charge in [0.05, 0.1) is 0 Å². The molecular formula is C16H26N2O5. The molecule has 1 fully saturated rings. The van der Waals surface area contributed by atoms with Gasteiger partial charge in [-0.25, -0.2) is 9.59 Å². The Labute approximate surface area is 136 Å². The number of carbonyl (C=O) groups excluding carboxylic acids is 2. The fourth-order valence-corrected chi connectivity index (χ4v) is 2.52. The van der Waals surface area contributed by atoms with E-state index in [2.05, 4.69) is 11.9 Å². The van der Waals surface area contributed by atoms with Gasteiger partial charge in [-0.1, -0.05) is 6.58 Å². The number of piperidine rings is 1. The van der Waals surface area contributed by atoms with Gasteiger partial charge in [-0.05, 0) is 52.0 Å². The number of carboxylic acid groups (broad SMARTS) is 1. The number of likely N-dealkylation sites (tertiary alicyclic amines) is 1. The van der Waals surface area contributed by atoms with E-state index in [1.165, 1.54) is 6.08 Å². The Balaban J connectivity index is 2.51. The van der Waals surface area contributed by atoms with E-state index in [0.717, 1.165) is 0 Å². The van der Waals surface area contributed by atoms with Crippen molar-refractivity contribution in [2.24, 2.45) is 5.92 Å². The first kappa shape index (κ1) is 19.0. The van der Waals surface area contributed by atoms with Crippen molar-refractivity contribution in [3.8, 4) is 0 Å². The summed E-state index contributed by atoms with van der Waals surface area (Å²) in [5.74, 6) is -1.05. The van der Waals surface area contributed by atoms with Crippen LogP contribution in [-0.4, -0.2) is 52.7 Å². The number of hydrogen-bond acceptors (Lipinski definition) is 4. The molecule has 0 aromatic carbocycles. The molecule has 7 heteroatoms. The lowest BCUT2D eigenvalue weighted by Gasteiger charge is -2.32. The third kappa shape index (κ3) is 6.71. The lowest BCUT2D eigenvalue weighted by Crippen LogP contribution is -2.46. The zero-order valence-corrected chi connectivity index (χ0v) is 14.0. The van der Waals surface area contributed by atoms with Gasteiger partial charge in [0.2, 0.25) is 5.91 Å². The van der Waals surface area contributed by atoms with Crippen molar-refractivity contribution in [3.05, 3.63) is 12.7 Å². The molecule has 0 spiro atoms. The maximum atomic E-state index is 11.7. The third-order valence-electron chi connectivity index (χ3n) is 3.66. The van der Waals surface area contributed by atoms with Crippen LogP contribution < -0.4 is 5.32 Å². The number of alkyl carbamates (subject to hydrolysis) is 1. The highest BCUT2D eigenvalue weighted by atomic mass is 16.6. The second-order valence-electron chi connectivity index (χ2n) is 6.75. The molecular weight excluding hydrogens is 300 g/mol. The van der Waals surface area contributed by atoms with E-state index in [1.807, 2.05) is 0 Å². The van der Waals surface area contributed by atoms with Gasteiger partial charge in [0.1, 0.15) is 11.6 Å². The molecule has 1 saturated heterocycles. The van der Waals surface area contributed by atoms with Crippen molar-refractivity contribution in [1.82, 2.24) is 10.2 Å². The molecule has 1 atom stereocenters. The van der Waals surface area contributed by atoms with Gasteiger partial charge in [-0.15, -0.1) is 0 Å². The fraction of sp³-hybridized carbons (Fsp3) is 0.688. The van der Waals surface area contributed by atoms with E-state index in [-0.39, 0.29) is 11.8 Å². The second kappa shape index (κ2) is 7.99. The molecule has 0 aromatic rings. The van der Waals surface area contributed by atoms with Gasteiger partial charge in [0.25, 0.3) is 0 Å². The predicted octanol–water partition coefficient (Wildman–Crippen LogP) is 1.78. The molecule has 1 heterocycles. The van der Waals surface area contributed by atoms with Crippen LogP contribution in [0.4, 0.5) is 4.79 Å². The Morgan fingerprint density at radius 1 is 1.35 bits per heavy atom. The van der Waals surface area contributed by atoms with Crippen LogP contribution in [0.3, 0.4) is 0 Å². The molecule has 2 amide bonds. The molecule has 23 heavy (non-hydrogen) atoms. The highest BCUT2D eigenvalue weighted by Gasteiger charge is 2.29. The van der Waals surface area contributed by atoms with Gasteiger partial charge >= 0.3 is 12.1 Å². The largest absolute Gasteiger partial charge is 0.480 e. The number of nitrogens with zero attached hydrogens (tertiary/aromatic N) is 1. The number of ether oxygens (including phenoxy) is 1. The van der Waals surface area contributed by atoms with Crippen LogP contribution in [0.1, 0.15) is 40.0 Å². The highest BCUT2D eigenvalue weighted by molar-refractivity contribution is 5.87. The van der Waals surface area contributed by atoms with E-state index in [9.17, 15) is 19.5 Å². The molecule has 1 unspecified atom stereocenters. The van der Waals surface area contributed by atoms with Crippen LogP contribution in [0.15, 0.2) is 12.7 Å². The van der Waals surface area contributed by atoms with E-state index < -0.39 is 23.7 Å². The first-order valence-electron chi connectivity index (χ1n) is 7.76. The number of rotatable bonds is 5. The van der Waals surface area contributed by atoms with Crippen molar-refractivity contribution in [2.75, 3.05) is 13.1 Å². The zero-order chi connectivity index (χ0) is 17.6. The normalized spacial score (nSPS) is 17.3. The molecule has 0 aromatic heterocycles. The van der Waals surface area contributed by atoms with Gasteiger partial charge < -0.3 is 20.1 Å². The van der Waals surface area contributed by atoms with Crippen molar-refractivity contribution in [2.45, 2.75) is 51.7 Å². The number of hydrogen-bond donors (Lipinski definition) is 2. The highest BCUT2D eigenvalue weighted by Crippen LogP contribution is 2.22. The van der Waals surface area contributed by atoms with Crippen LogP contribution in [0.5, 0.6) is 0 Å². The number of nitrogens with one attached hydrogen (secondary N) is 1. The van der Waals surface area contributed by atoms with Crippen LogP contribution in [0.2, 0.25) is 0 Å². The summed E-state index contributed by atoms with van der Waals surface area (Å²) in [6, 6.07) is -0.989. The van der Waals surface area contributed by atoms with E-state index in [4.69, 9.17) is 4.74 Å². The summed E-state index contributed by atoms with van der Waals surface area (Å²) in [5.41, 5.74) is -0.677. The molecule has 0 aliphatic carbocycles. The second-order valence-corrected chi connectivity index (χ2v) is 6.75. The zero-order valence-electron chi connectivity index (χ0n) is 14.0. The van der Waals surface area contributed by atoms with Crippen LogP contribution in [0.25, 0.3) is 0 Å². The van der Waals surface area contributed by atoms with Crippen molar-refractivity contribution < 1.29 is 24.2 Å². The summed E-state index contributed by atoms with van der Waals surface area (Å²) in [5, 5.41) is 11.7. The average Bonchev–Trinajstić information content (AvgIpc) is 2.44. The predicted molar refractivity (Wildman–Crippen MR) is 84.9 cm³/mol. The molecule has 130 valence electrons. The fourth-order valence-electron chi connectivity index (χ4n) is 2.52. The quantitative estimate of drug-likeness (QED) is 0.751. The first-order valence-corrected chi connectivity index (χ1v) is 7.76. The molecule has 7 nitrogen and oxygen atoms in total. The minimum atomic E-state index is -1.08. The number of carbonyl (C=O) groups is 3. The van der Waals surface area contributed by atoms with Gasteiger partial charge in [-0.3, -0.25) is 4.79 Å². The molecule has 1 aliphatic heterocycles. The molecule has 1 rings (SSSR count). The lowest BCUT2D eigenvalue weighted by molar-refractivity contribution is -0.140. The van der Waals surface area contributed by atoms with E-state index in [0.29, 0.717) is 32.4 Å². The first-order chi connectivity index (χ1) is 10.6. The summed E-state index contributed by atoms with van der Waals surface area (Å²) in [7, 11) is 0. The summed E-state index contributed by atoms with van der Waals surface area (Å²) in [6.07, 6.45) is 2.29. The standard InChI is InChI=1S/C16H26N2O5/c1-5-13(19)18-8-6-11(7-9-18)10-12(14(20)21)17-15(22)23-16(2,3)4/h5,11-12H,1,6-10H2,2-4H3,(H,17,22)(H,20,21). The summed E-state index contributed by atoms with van der Waals surface area (Å²) in [4.78, 5) is 36.3. The number of aliphatic carboxylic acids is 1. The minimum absolute atomic E-state index is 0.106. The monoisotopic (exact) mass is 326 g/mol. The summed E-state index contributed by atoms with van der Waals surface area (Å²) < 4.78 is 5.09. The van der Waals surface area contributed by atoms with E-state index in [1.54, 1.807) is 25.7 Å². The molecule has 1 aliphatic rings. The Hall–Kier alpha value is -2.05. The van der Waals surface area contributed by atoms with Crippen LogP contribution >= 0.6 is 0 Å². The Bertz CT molecular complexity index is 462. The smallest absolute Gasteiger partial charge is 0.408 e. The van der Waals surface area contributed by atoms with Gasteiger partial charge in [-0.2, -0.15) is 0 Å². The summed E-state index contributed by atoms with van der Waals surface area (Å²) in [6.45, 7) is 9.76. The number of carboxylic acids is 1. The van der Waals surface area contributed by atoms with Crippen molar-refractivity contribution >= 4 is 18.0 Å². The third-order valence-corrected chi connectivity index (χ3v) is 3.66.